The van der Waals surface area contributed by atoms with Crippen LogP contribution in [0.1, 0.15) is 36.4 Å². The van der Waals surface area contributed by atoms with Crippen LogP contribution in [0.4, 0.5) is 0 Å². The summed E-state index contributed by atoms with van der Waals surface area (Å²) in [6.45, 7) is 3.91. The van der Waals surface area contributed by atoms with Crippen molar-refractivity contribution in [2.24, 2.45) is 5.92 Å². The van der Waals surface area contributed by atoms with Crippen LogP contribution in [-0.4, -0.2) is 27.4 Å². The van der Waals surface area contributed by atoms with E-state index in [0.717, 1.165) is 31.3 Å². The summed E-state index contributed by atoms with van der Waals surface area (Å²) < 4.78 is 11.0. The molecule has 1 atom stereocenters. The minimum atomic E-state index is 0.360. The second-order valence-corrected chi connectivity index (χ2v) is 5.38. The Bertz CT molecular complexity index is 400. The molecule has 3 nitrogen and oxygen atoms in total. The molecule has 1 N–H and O–H groups in total. The molecule has 0 amide bonds. The van der Waals surface area contributed by atoms with E-state index in [9.17, 15) is 0 Å². The first-order chi connectivity index (χ1) is 9.24. The first-order valence-corrected chi connectivity index (χ1v) is 7.14. The maximum atomic E-state index is 5.53. The van der Waals surface area contributed by atoms with Gasteiger partial charge in [0, 0.05) is 24.8 Å². The standard InChI is InChI=1S/C16H25NO2/c1-12-4-5-14(16(10-12)18-3)15(17-2)11-13-6-8-19-9-7-13/h4-5,10,13,15,17H,6-9,11H2,1-3H3. The Kier molecular flexibility index (Phi) is 5.23. The summed E-state index contributed by atoms with van der Waals surface area (Å²) in [6.07, 6.45) is 3.50. The maximum absolute atomic E-state index is 5.53. The van der Waals surface area contributed by atoms with E-state index in [0.29, 0.717) is 6.04 Å². The van der Waals surface area contributed by atoms with Crippen molar-refractivity contribution in [2.75, 3.05) is 27.4 Å². The molecule has 3 heteroatoms. The monoisotopic (exact) mass is 263 g/mol. The molecule has 1 aliphatic heterocycles. The van der Waals surface area contributed by atoms with Gasteiger partial charge in [0.05, 0.1) is 7.11 Å². The third-order valence-electron chi connectivity index (χ3n) is 4.02. The van der Waals surface area contributed by atoms with Crippen LogP contribution in [0, 0.1) is 12.8 Å². The van der Waals surface area contributed by atoms with Crippen molar-refractivity contribution in [1.29, 1.82) is 0 Å². The predicted octanol–water partition coefficient (Wildman–Crippen LogP) is 3.08. The second kappa shape index (κ2) is 6.92. The maximum Gasteiger partial charge on any atom is 0.123 e. The zero-order valence-corrected chi connectivity index (χ0v) is 12.2. The number of rotatable bonds is 5. The molecular formula is C16H25NO2. The van der Waals surface area contributed by atoms with Crippen molar-refractivity contribution in [3.8, 4) is 5.75 Å². The molecule has 1 aromatic carbocycles. The van der Waals surface area contributed by atoms with E-state index in [1.807, 2.05) is 7.05 Å². The van der Waals surface area contributed by atoms with Crippen LogP contribution in [0.3, 0.4) is 0 Å². The van der Waals surface area contributed by atoms with Crippen LogP contribution in [0.5, 0.6) is 5.75 Å². The summed E-state index contributed by atoms with van der Waals surface area (Å²) in [5.41, 5.74) is 2.50. The Morgan fingerprint density at radius 2 is 2.11 bits per heavy atom. The van der Waals surface area contributed by atoms with Crippen LogP contribution in [0.25, 0.3) is 0 Å². The highest BCUT2D eigenvalue weighted by atomic mass is 16.5. The van der Waals surface area contributed by atoms with Crippen LogP contribution < -0.4 is 10.1 Å². The summed E-state index contributed by atoms with van der Waals surface area (Å²) in [4.78, 5) is 0. The van der Waals surface area contributed by atoms with Crippen molar-refractivity contribution < 1.29 is 9.47 Å². The predicted molar refractivity (Wildman–Crippen MR) is 77.7 cm³/mol. The van der Waals surface area contributed by atoms with Gasteiger partial charge in [-0.2, -0.15) is 0 Å². The molecule has 106 valence electrons. The van der Waals surface area contributed by atoms with Gasteiger partial charge in [0.15, 0.2) is 0 Å². The first-order valence-electron chi connectivity index (χ1n) is 7.14. The fraction of sp³-hybridized carbons (Fsp3) is 0.625. The summed E-state index contributed by atoms with van der Waals surface area (Å²) in [6, 6.07) is 6.82. The quantitative estimate of drug-likeness (QED) is 0.885. The fourth-order valence-electron chi connectivity index (χ4n) is 2.82. The van der Waals surface area contributed by atoms with Gasteiger partial charge in [0.2, 0.25) is 0 Å². The average Bonchev–Trinajstić information content (AvgIpc) is 2.46. The average molecular weight is 263 g/mol. The Hall–Kier alpha value is -1.06. The lowest BCUT2D eigenvalue weighted by atomic mass is 9.89. The summed E-state index contributed by atoms with van der Waals surface area (Å²) in [5, 5.41) is 3.44. The van der Waals surface area contributed by atoms with E-state index in [-0.39, 0.29) is 0 Å². The Labute approximate surface area is 116 Å². The lowest BCUT2D eigenvalue weighted by Gasteiger charge is -2.27. The van der Waals surface area contributed by atoms with E-state index in [4.69, 9.17) is 9.47 Å². The van der Waals surface area contributed by atoms with E-state index in [1.165, 1.54) is 24.0 Å². The minimum Gasteiger partial charge on any atom is -0.496 e. The highest BCUT2D eigenvalue weighted by Gasteiger charge is 2.21. The van der Waals surface area contributed by atoms with Gasteiger partial charge < -0.3 is 14.8 Å². The lowest BCUT2D eigenvalue weighted by molar-refractivity contribution is 0.0607. The van der Waals surface area contributed by atoms with E-state index < -0.39 is 0 Å². The van der Waals surface area contributed by atoms with Crippen LogP contribution in [0.2, 0.25) is 0 Å². The van der Waals surface area contributed by atoms with Crippen LogP contribution in [0.15, 0.2) is 18.2 Å². The van der Waals surface area contributed by atoms with E-state index in [2.05, 4.69) is 30.4 Å². The molecule has 0 spiro atoms. The molecule has 0 aliphatic carbocycles. The lowest BCUT2D eigenvalue weighted by Crippen LogP contribution is -2.24. The summed E-state index contributed by atoms with van der Waals surface area (Å²) >= 11 is 0. The second-order valence-electron chi connectivity index (χ2n) is 5.38. The molecule has 19 heavy (non-hydrogen) atoms. The highest BCUT2D eigenvalue weighted by molar-refractivity contribution is 5.39. The van der Waals surface area contributed by atoms with Crippen LogP contribution >= 0.6 is 0 Å². The molecule has 2 rings (SSSR count). The van der Waals surface area contributed by atoms with Crippen molar-refractivity contribution in [2.45, 2.75) is 32.2 Å². The Morgan fingerprint density at radius 3 is 2.74 bits per heavy atom. The third-order valence-corrected chi connectivity index (χ3v) is 4.02. The molecule has 0 aromatic heterocycles. The molecule has 1 fully saturated rings. The van der Waals surface area contributed by atoms with Gasteiger partial charge in [-0.25, -0.2) is 0 Å². The van der Waals surface area contributed by atoms with E-state index in [1.54, 1.807) is 7.11 Å². The van der Waals surface area contributed by atoms with Gasteiger partial charge >= 0.3 is 0 Å². The van der Waals surface area contributed by atoms with Gasteiger partial charge in [0.1, 0.15) is 5.75 Å². The van der Waals surface area contributed by atoms with Gasteiger partial charge in [-0.1, -0.05) is 12.1 Å². The van der Waals surface area contributed by atoms with Gasteiger partial charge in [-0.3, -0.25) is 0 Å². The smallest absolute Gasteiger partial charge is 0.123 e. The number of ether oxygens (including phenoxy) is 2. The molecule has 1 aliphatic rings. The van der Waals surface area contributed by atoms with Crippen molar-refractivity contribution in [1.82, 2.24) is 5.32 Å². The number of methoxy groups -OCH3 is 1. The number of aryl methyl sites for hydroxylation is 1. The van der Waals surface area contributed by atoms with Crippen LogP contribution in [-0.2, 0) is 4.74 Å². The molecule has 0 saturated carbocycles. The van der Waals surface area contributed by atoms with Gasteiger partial charge in [0.25, 0.3) is 0 Å². The third kappa shape index (κ3) is 3.71. The van der Waals surface area contributed by atoms with Crippen molar-refractivity contribution >= 4 is 0 Å². The topological polar surface area (TPSA) is 30.5 Å². The van der Waals surface area contributed by atoms with Gasteiger partial charge in [-0.15, -0.1) is 0 Å². The molecular weight excluding hydrogens is 238 g/mol. The zero-order chi connectivity index (χ0) is 13.7. The number of nitrogens with one attached hydrogen (secondary N) is 1. The molecule has 1 aromatic rings. The molecule has 1 heterocycles. The first kappa shape index (κ1) is 14.4. The normalized spacial score (nSPS) is 18.3. The molecule has 1 saturated heterocycles. The van der Waals surface area contributed by atoms with E-state index >= 15 is 0 Å². The summed E-state index contributed by atoms with van der Waals surface area (Å²) in [7, 11) is 3.78. The SMILES string of the molecule is CNC(CC1CCOCC1)c1ccc(C)cc1OC. The molecule has 0 radical (unpaired) electrons. The number of hydrogen-bond acceptors (Lipinski definition) is 3. The highest BCUT2D eigenvalue weighted by Crippen LogP contribution is 2.32. The fourth-order valence-corrected chi connectivity index (χ4v) is 2.82. The van der Waals surface area contributed by atoms with Crippen molar-refractivity contribution in [3.63, 3.8) is 0 Å². The molecule has 1 unspecified atom stereocenters. The number of benzene rings is 1. The Morgan fingerprint density at radius 1 is 1.37 bits per heavy atom. The molecule has 0 bridgehead atoms. The van der Waals surface area contributed by atoms with Gasteiger partial charge in [-0.05, 0) is 50.8 Å². The summed E-state index contributed by atoms with van der Waals surface area (Å²) in [5.74, 6) is 1.74. The van der Waals surface area contributed by atoms with Crippen molar-refractivity contribution in [3.05, 3.63) is 29.3 Å². The largest absolute Gasteiger partial charge is 0.496 e. The Balaban J connectivity index is 2.11. The minimum absolute atomic E-state index is 0.360. The zero-order valence-electron chi connectivity index (χ0n) is 12.2. The number of hydrogen-bond donors (Lipinski definition) is 1.